The Morgan fingerprint density at radius 3 is 2.89 bits per heavy atom. The van der Waals surface area contributed by atoms with E-state index < -0.39 is 4.92 Å². The van der Waals surface area contributed by atoms with Crippen molar-refractivity contribution in [2.45, 2.75) is 13.8 Å². The summed E-state index contributed by atoms with van der Waals surface area (Å²) in [6, 6.07) is 6.27. The molecule has 0 saturated carbocycles. The van der Waals surface area contributed by atoms with Gasteiger partial charge in [0, 0.05) is 22.6 Å². The first-order valence-corrected chi connectivity index (χ1v) is 6.35. The van der Waals surface area contributed by atoms with Crippen LogP contribution >= 0.6 is 11.3 Å². The number of nitrogens with one attached hydrogen (secondary N) is 1. The van der Waals surface area contributed by atoms with E-state index in [2.05, 4.69) is 15.5 Å². The Balaban J connectivity index is 2.06. The fourth-order valence-electron chi connectivity index (χ4n) is 1.40. The highest BCUT2D eigenvalue weighted by molar-refractivity contribution is 7.15. The van der Waals surface area contributed by atoms with E-state index in [0.717, 1.165) is 10.6 Å². The van der Waals surface area contributed by atoms with Gasteiger partial charge in [-0.15, -0.1) is 11.3 Å². The number of nitrogens with zero attached hydrogens (tertiary/aromatic N) is 3. The molecule has 0 aliphatic heterocycles. The highest BCUT2D eigenvalue weighted by atomic mass is 32.1. The largest absolute Gasteiger partial charge is 0.270 e. The number of non-ortho nitro benzene ring substituents is 1. The predicted octanol–water partition coefficient (Wildman–Crippen LogP) is 3.11. The smallest absolute Gasteiger partial charge is 0.258 e. The van der Waals surface area contributed by atoms with Crippen LogP contribution in [0.1, 0.15) is 16.1 Å². The standard InChI is InChI=1S/C12H12N4O2S/c1-8-9(2)19-12(14-8)15-13-7-10-4-3-5-11(6-10)16(17)18/h3-7H,1-2H3,(H,14,15)/b13-7-. The molecule has 1 aromatic carbocycles. The van der Waals surface area contributed by atoms with Gasteiger partial charge in [0.25, 0.3) is 5.69 Å². The lowest BCUT2D eigenvalue weighted by molar-refractivity contribution is -0.384. The van der Waals surface area contributed by atoms with Gasteiger partial charge in [-0.25, -0.2) is 4.98 Å². The van der Waals surface area contributed by atoms with Crippen molar-refractivity contribution in [1.82, 2.24) is 4.98 Å². The maximum absolute atomic E-state index is 10.6. The lowest BCUT2D eigenvalue weighted by Crippen LogP contribution is -1.92. The summed E-state index contributed by atoms with van der Waals surface area (Å²) < 4.78 is 0. The summed E-state index contributed by atoms with van der Waals surface area (Å²) in [5.74, 6) is 0. The van der Waals surface area contributed by atoms with Crippen molar-refractivity contribution in [3.8, 4) is 0 Å². The third-order valence-electron chi connectivity index (χ3n) is 2.48. The molecule has 0 unspecified atom stereocenters. The Kier molecular flexibility index (Phi) is 3.86. The molecule has 0 saturated heterocycles. The van der Waals surface area contributed by atoms with Crippen molar-refractivity contribution in [3.05, 3.63) is 50.5 Å². The van der Waals surface area contributed by atoms with Gasteiger partial charge in [0.1, 0.15) is 0 Å². The molecule has 1 N–H and O–H groups in total. The average Bonchev–Trinajstić information content (AvgIpc) is 2.69. The molecule has 98 valence electrons. The van der Waals surface area contributed by atoms with Crippen molar-refractivity contribution < 1.29 is 4.92 Å². The van der Waals surface area contributed by atoms with E-state index in [-0.39, 0.29) is 5.69 Å². The van der Waals surface area contributed by atoms with Gasteiger partial charge < -0.3 is 0 Å². The number of aromatic nitrogens is 1. The highest BCUT2D eigenvalue weighted by Gasteiger charge is 2.04. The fraction of sp³-hybridized carbons (Fsp3) is 0.167. The molecule has 2 rings (SSSR count). The van der Waals surface area contributed by atoms with Crippen molar-refractivity contribution in [2.75, 3.05) is 5.43 Å². The van der Waals surface area contributed by atoms with E-state index in [1.54, 1.807) is 12.1 Å². The molecule has 0 radical (unpaired) electrons. The van der Waals surface area contributed by atoms with Crippen LogP contribution in [0.15, 0.2) is 29.4 Å². The third kappa shape index (κ3) is 3.35. The van der Waals surface area contributed by atoms with Gasteiger partial charge in [-0.1, -0.05) is 12.1 Å². The van der Waals surface area contributed by atoms with Crippen molar-refractivity contribution >= 4 is 28.4 Å². The Bertz CT molecular complexity index is 617. The normalized spacial score (nSPS) is 10.8. The molecular formula is C12H12N4O2S. The lowest BCUT2D eigenvalue weighted by atomic mass is 10.2. The minimum absolute atomic E-state index is 0.0462. The van der Waals surface area contributed by atoms with Crippen LogP contribution in [0.25, 0.3) is 0 Å². The number of hydrazone groups is 1. The van der Waals surface area contributed by atoms with E-state index in [0.29, 0.717) is 10.7 Å². The zero-order chi connectivity index (χ0) is 13.8. The monoisotopic (exact) mass is 276 g/mol. The minimum Gasteiger partial charge on any atom is -0.258 e. The number of nitro benzene ring substituents is 1. The molecule has 0 fully saturated rings. The minimum atomic E-state index is -0.432. The summed E-state index contributed by atoms with van der Waals surface area (Å²) >= 11 is 1.51. The van der Waals surface area contributed by atoms with Gasteiger partial charge in [-0.05, 0) is 13.8 Å². The Labute approximate surface area is 114 Å². The Morgan fingerprint density at radius 1 is 1.47 bits per heavy atom. The fourth-order valence-corrected chi connectivity index (χ4v) is 2.17. The number of anilines is 1. The van der Waals surface area contributed by atoms with Crippen LogP contribution in [-0.4, -0.2) is 16.1 Å². The van der Waals surface area contributed by atoms with E-state index in [4.69, 9.17) is 0 Å². The SMILES string of the molecule is Cc1nc(N/N=C\c2cccc([N+](=O)[O-])c2)sc1C. The van der Waals surface area contributed by atoms with Gasteiger partial charge in [0.15, 0.2) is 0 Å². The number of aryl methyl sites for hydroxylation is 2. The molecule has 6 nitrogen and oxygen atoms in total. The maximum atomic E-state index is 10.6. The molecule has 0 amide bonds. The lowest BCUT2D eigenvalue weighted by Gasteiger charge is -1.95. The molecule has 0 aliphatic carbocycles. The molecule has 0 spiro atoms. The topological polar surface area (TPSA) is 80.4 Å². The quantitative estimate of drug-likeness (QED) is 0.528. The number of benzene rings is 1. The van der Waals surface area contributed by atoms with Crippen molar-refractivity contribution in [1.29, 1.82) is 0 Å². The van der Waals surface area contributed by atoms with Crippen LogP contribution in [-0.2, 0) is 0 Å². The molecule has 19 heavy (non-hydrogen) atoms. The second-order valence-electron chi connectivity index (χ2n) is 3.88. The van der Waals surface area contributed by atoms with Crippen molar-refractivity contribution in [3.63, 3.8) is 0 Å². The summed E-state index contributed by atoms with van der Waals surface area (Å²) in [7, 11) is 0. The summed E-state index contributed by atoms with van der Waals surface area (Å²) in [5, 5.41) is 15.3. The molecular weight excluding hydrogens is 264 g/mol. The van der Waals surface area contributed by atoms with Crippen LogP contribution in [0.5, 0.6) is 0 Å². The molecule has 0 aliphatic rings. The number of hydrogen-bond donors (Lipinski definition) is 1. The van der Waals surface area contributed by atoms with Gasteiger partial charge in [0.2, 0.25) is 5.13 Å². The number of rotatable bonds is 4. The zero-order valence-electron chi connectivity index (χ0n) is 10.5. The first-order valence-electron chi connectivity index (χ1n) is 5.54. The zero-order valence-corrected chi connectivity index (χ0v) is 11.3. The van der Waals surface area contributed by atoms with Crippen LogP contribution in [0.4, 0.5) is 10.8 Å². The first kappa shape index (κ1) is 13.2. The molecule has 0 bridgehead atoms. The van der Waals surface area contributed by atoms with E-state index in [1.165, 1.54) is 29.7 Å². The maximum Gasteiger partial charge on any atom is 0.270 e. The Hall–Kier alpha value is -2.28. The Morgan fingerprint density at radius 2 is 2.26 bits per heavy atom. The molecule has 1 heterocycles. The van der Waals surface area contributed by atoms with Gasteiger partial charge >= 0.3 is 0 Å². The second-order valence-corrected chi connectivity index (χ2v) is 5.09. The van der Waals surface area contributed by atoms with E-state index in [9.17, 15) is 10.1 Å². The van der Waals surface area contributed by atoms with Crippen LogP contribution in [0.2, 0.25) is 0 Å². The average molecular weight is 276 g/mol. The van der Waals surface area contributed by atoms with Crippen molar-refractivity contribution in [2.24, 2.45) is 5.10 Å². The van der Waals surface area contributed by atoms with E-state index in [1.807, 2.05) is 13.8 Å². The molecule has 0 atom stereocenters. The summed E-state index contributed by atoms with van der Waals surface area (Å²) in [4.78, 5) is 15.6. The summed E-state index contributed by atoms with van der Waals surface area (Å²) in [6.45, 7) is 3.92. The van der Waals surface area contributed by atoms with E-state index >= 15 is 0 Å². The van der Waals surface area contributed by atoms with Gasteiger partial charge in [-0.3, -0.25) is 15.5 Å². The van der Waals surface area contributed by atoms with Crippen LogP contribution in [0, 0.1) is 24.0 Å². The number of thiazole rings is 1. The predicted molar refractivity (Wildman–Crippen MR) is 75.9 cm³/mol. The number of hydrogen-bond acceptors (Lipinski definition) is 6. The van der Waals surface area contributed by atoms with Crippen LogP contribution in [0.3, 0.4) is 0 Å². The third-order valence-corrected chi connectivity index (χ3v) is 3.46. The molecule has 2 aromatic rings. The first-order chi connectivity index (χ1) is 9.06. The van der Waals surface area contributed by atoms with Crippen LogP contribution < -0.4 is 5.43 Å². The summed E-state index contributed by atoms with van der Waals surface area (Å²) in [5.41, 5.74) is 4.49. The highest BCUT2D eigenvalue weighted by Crippen LogP contribution is 2.20. The summed E-state index contributed by atoms with van der Waals surface area (Å²) in [6.07, 6.45) is 1.53. The second kappa shape index (κ2) is 5.57. The molecule has 7 heteroatoms. The molecule has 1 aromatic heterocycles. The number of nitro groups is 1. The van der Waals surface area contributed by atoms with Gasteiger partial charge in [0.05, 0.1) is 16.8 Å². The van der Waals surface area contributed by atoms with Gasteiger partial charge in [-0.2, -0.15) is 5.10 Å².